The third-order valence-corrected chi connectivity index (χ3v) is 3.95. The number of nitrogens with one attached hydrogen (secondary N) is 2. The lowest BCUT2D eigenvalue weighted by Crippen LogP contribution is -2.40. The normalized spacial score (nSPS) is 22.2. The summed E-state index contributed by atoms with van der Waals surface area (Å²) < 4.78 is 6.33. The summed E-state index contributed by atoms with van der Waals surface area (Å²) >= 11 is 3.38. The highest BCUT2D eigenvalue weighted by atomic mass is 79.9. The van der Waals surface area contributed by atoms with Crippen LogP contribution < -0.4 is 10.6 Å². The predicted octanol–water partition coefficient (Wildman–Crippen LogP) is 2.82. The first-order valence-electron chi connectivity index (χ1n) is 6.49. The molecule has 0 bridgehead atoms. The summed E-state index contributed by atoms with van der Waals surface area (Å²) in [4.78, 5) is 11.8. The van der Waals surface area contributed by atoms with Crippen LogP contribution in [-0.4, -0.2) is 25.3 Å². The molecule has 1 saturated carbocycles. The van der Waals surface area contributed by atoms with Gasteiger partial charge in [-0.05, 0) is 37.0 Å². The van der Waals surface area contributed by atoms with Crippen molar-refractivity contribution >= 4 is 22.0 Å². The Balaban J connectivity index is 1.71. The molecular formula is C14H19BrN2O2. The molecule has 2 atom stereocenters. The number of methoxy groups -OCH3 is 1. The number of hydrogen-bond acceptors (Lipinski definition) is 2. The second-order valence-corrected chi connectivity index (χ2v) is 5.74. The molecule has 0 heterocycles. The molecule has 1 aromatic carbocycles. The van der Waals surface area contributed by atoms with Crippen molar-refractivity contribution in [1.29, 1.82) is 0 Å². The van der Waals surface area contributed by atoms with E-state index in [4.69, 9.17) is 4.74 Å². The lowest BCUT2D eigenvalue weighted by molar-refractivity contribution is 0.107. The maximum absolute atomic E-state index is 11.8. The highest BCUT2D eigenvalue weighted by Gasteiger charge is 2.25. The number of benzene rings is 1. The number of halogens is 1. The van der Waals surface area contributed by atoms with Gasteiger partial charge >= 0.3 is 6.03 Å². The fourth-order valence-corrected chi connectivity index (χ4v) is 2.57. The summed E-state index contributed by atoms with van der Waals surface area (Å²) in [6, 6.07) is 8.03. The van der Waals surface area contributed by atoms with Gasteiger partial charge in [0, 0.05) is 24.2 Å². The van der Waals surface area contributed by atoms with E-state index in [1.165, 1.54) is 0 Å². The second kappa shape index (κ2) is 6.91. The number of hydrogen-bond donors (Lipinski definition) is 2. The second-order valence-electron chi connectivity index (χ2n) is 4.82. The first kappa shape index (κ1) is 14.3. The molecule has 0 aliphatic heterocycles. The predicted molar refractivity (Wildman–Crippen MR) is 77.9 cm³/mol. The van der Waals surface area contributed by atoms with Crippen LogP contribution in [0.5, 0.6) is 0 Å². The number of carbonyl (C=O) groups is 1. The molecule has 0 radical (unpaired) electrons. The van der Waals surface area contributed by atoms with Gasteiger partial charge in [-0.25, -0.2) is 4.79 Å². The fourth-order valence-electron chi connectivity index (χ4n) is 2.31. The molecule has 0 unspecified atom stereocenters. The van der Waals surface area contributed by atoms with Gasteiger partial charge in [0.15, 0.2) is 0 Å². The first-order valence-corrected chi connectivity index (χ1v) is 7.28. The zero-order chi connectivity index (χ0) is 13.7. The van der Waals surface area contributed by atoms with Gasteiger partial charge in [-0.15, -0.1) is 0 Å². The van der Waals surface area contributed by atoms with E-state index in [1.54, 1.807) is 7.11 Å². The van der Waals surface area contributed by atoms with E-state index in [-0.39, 0.29) is 18.2 Å². The molecule has 2 rings (SSSR count). The van der Waals surface area contributed by atoms with Gasteiger partial charge in [-0.1, -0.05) is 28.1 Å². The molecule has 0 aromatic heterocycles. The zero-order valence-electron chi connectivity index (χ0n) is 11.0. The fraction of sp³-hybridized carbons (Fsp3) is 0.500. The van der Waals surface area contributed by atoms with Gasteiger partial charge < -0.3 is 15.4 Å². The van der Waals surface area contributed by atoms with E-state index >= 15 is 0 Å². The van der Waals surface area contributed by atoms with Crippen molar-refractivity contribution in [3.05, 3.63) is 34.3 Å². The highest BCUT2D eigenvalue weighted by molar-refractivity contribution is 9.10. The van der Waals surface area contributed by atoms with Gasteiger partial charge in [0.1, 0.15) is 0 Å². The third kappa shape index (κ3) is 4.51. The van der Waals surface area contributed by atoms with Crippen LogP contribution in [0.2, 0.25) is 0 Å². The average molecular weight is 327 g/mol. The van der Waals surface area contributed by atoms with E-state index in [1.807, 2.05) is 24.3 Å². The number of urea groups is 1. The van der Waals surface area contributed by atoms with Crippen molar-refractivity contribution < 1.29 is 9.53 Å². The largest absolute Gasteiger partial charge is 0.381 e. The summed E-state index contributed by atoms with van der Waals surface area (Å²) in [5.41, 5.74) is 1.08. The average Bonchev–Trinajstić information content (AvgIpc) is 2.86. The van der Waals surface area contributed by atoms with E-state index < -0.39 is 0 Å². The Morgan fingerprint density at radius 3 is 2.74 bits per heavy atom. The van der Waals surface area contributed by atoms with Gasteiger partial charge in [0.05, 0.1) is 6.10 Å². The topological polar surface area (TPSA) is 50.4 Å². The third-order valence-electron chi connectivity index (χ3n) is 3.42. The van der Waals surface area contributed by atoms with Crippen molar-refractivity contribution in [3.63, 3.8) is 0 Å². The zero-order valence-corrected chi connectivity index (χ0v) is 12.6. The summed E-state index contributed by atoms with van der Waals surface area (Å²) in [6.45, 7) is 0.541. The first-order chi connectivity index (χ1) is 9.17. The molecule has 2 amide bonds. The lowest BCUT2D eigenvalue weighted by Gasteiger charge is -2.13. The van der Waals surface area contributed by atoms with Gasteiger partial charge in [-0.2, -0.15) is 0 Å². The molecule has 2 N–H and O–H groups in total. The monoisotopic (exact) mass is 326 g/mol. The van der Waals surface area contributed by atoms with E-state index in [2.05, 4.69) is 26.6 Å². The minimum absolute atomic E-state index is 0.107. The highest BCUT2D eigenvalue weighted by Crippen LogP contribution is 2.21. The van der Waals surface area contributed by atoms with Gasteiger partial charge in [0.2, 0.25) is 0 Å². The van der Waals surface area contributed by atoms with Crippen LogP contribution in [0.1, 0.15) is 24.8 Å². The molecule has 1 aliphatic rings. The van der Waals surface area contributed by atoms with E-state index in [9.17, 15) is 4.79 Å². The van der Waals surface area contributed by atoms with E-state index in [0.717, 1.165) is 29.3 Å². The Kier molecular flexibility index (Phi) is 5.22. The molecular weight excluding hydrogens is 308 g/mol. The number of ether oxygens (including phenoxy) is 1. The smallest absolute Gasteiger partial charge is 0.315 e. The number of rotatable bonds is 4. The van der Waals surface area contributed by atoms with Crippen LogP contribution in [0.25, 0.3) is 0 Å². The Hall–Kier alpha value is -1.07. The Labute approximate surface area is 122 Å². The van der Waals surface area contributed by atoms with E-state index in [0.29, 0.717) is 6.54 Å². The molecule has 1 fully saturated rings. The minimum Gasteiger partial charge on any atom is -0.381 e. The minimum atomic E-state index is -0.107. The Morgan fingerprint density at radius 1 is 1.37 bits per heavy atom. The van der Waals surface area contributed by atoms with Crippen molar-refractivity contribution in [2.24, 2.45) is 0 Å². The summed E-state index contributed by atoms with van der Waals surface area (Å²) in [6.07, 6.45) is 3.21. The van der Waals surface area contributed by atoms with Crippen molar-refractivity contribution in [3.8, 4) is 0 Å². The summed E-state index contributed by atoms with van der Waals surface area (Å²) in [5.74, 6) is 0. The van der Waals surface area contributed by atoms with Gasteiger partial charge in [-0.3, -0.25) is 0 Å². The van der Waals surface area contributed by atoms with Crippen LogP contribution in [0.4, 0.5) is 4.79 Å². The van der Waals surface area contributed by atoms with Crippen LogP contribution >= 0.6 is 15.9 Å². The molecule has 0 saturated heterocycles. The van der Waals surface area contributed by atoms with Crippen molar-refractivity contribution in [2.75, 3.05) is 7.11 Å². The summed E-state index contributed by atoms with van der Waals surface area (Å²) in [7, 11) is 1.72. The molecule has 19 heavy (non-hydrogen) atoms. The van der Waals surface area contributed by atoms with Gasteiger partial charge in [0.25, 0.3) is 0 Å². The Bertz CT molecular complexity index is 422. The molecule has 5 heteroatoms. The summed E-state index contributed by atoms with van der Waals surface area (Å²) in [5, 5.41) is 5.86. The number of amides is 2. The maximum atomic E-state index is 11.8. The van der Waals surface area contributed by atoms with Crippen LogP contribution in [-0.2, 0) is 11.3 Å². The SMILES string of the molecule is CO[C@H]1CC[C@H](NC(=O)NCc2ccc(Br)cc2)C1. The molecule has 1 aromatic rings. The molecule has 104 valence electrons. The molecule has 0 spiro atoms. The molecule has 1 aliphatic carbocycles. The maximum Gasteiger partial charge on any atom is 0.315 e. The quantitative estimate of drug-likeness (QED) is 0.893. The molecule has 4 nitrogen and oxygen atoms in total. The van der Waals surface area contributed by atoms with Crippen LogP contribution in [0.15, 0.2) is 28.7 Å². The lowest BCUT2D eigenvalue weighted by atomic mass is 10.2. The van der Waals surface area contributed by atoms with Crippen LogP contribution in [0, 0.1) is 0 Å². The standard InChI is InChI=1S/C14H19BrN2O2/c1-19-13-7-6-12(8-13)17-14(18)16-9-10-2-4-11(15)5-3-10/h2-5,12-13H,6-9H2,1H3,(H2,16,17,18)/t12-,13-/m0/s1. The van der Waals surface area contributed by atoms with Crippen LogP contribution in [0.3, 0.4) is 0 Å². The Morgan fingerprint density at radius 2 is 2.11 bits per heavy atom. The van der Waals surface area contributed by atoms with Crippen molar-refractivity contribution in [2.45, 2.75) is 38.0 Å². The van der Waals surface area contributed by atoms with Crippen molar-refractivity contribution in [1.82, 2.24) is 10.6 Å². The number of carbonyl (C=O) groups excluding carboxylic acids is 1.